The minimum absolute atomic E-state index is 0.00732. The summed E-state index contributed by atoms with van der Waals surface area (Å²) in [5.74, 6) is 0.220. The zero-order valence-electron chi connectivity index (χ0n) is 17.6. The van der Waals surface area contributed by atoms with Crippen LogP contribution in [0, 0.1) is 27.7 Å². The summed E-state index contributed by atoms with van der Waals surface area (Å²) < 4.78 is 3.48. The smallest absolute Gasteiger partial charge is 0.267 e. The van der Waals surface area contributed by atoms with Crippen LogP contribution in [-0.4, -0.2) is 25.7 Å². The van der Waals surface area contributed by atoms with Crippen molar-refractivity contribution in [1.82, 2.24) is 14.1 Å². The summed E-state index contributed by atoms with van der Waals surface area (Å²) in [6, 6.07) is 9.58. The molecule has 0 aliphatic carbocycles. The third kappa shape index (κ3) is 3.42. The van der Waals surface area contributed by atoms with E-state index in [0.29, 0.717) is 16.2 Å². The van der Waals surface area contributed by atoms with Crippen LogP contribution < -0.4 is 5.56 Å². The number of aryl methyl sites for hydroxylation is 4. The lowest BCUT2D eigenvalue weighted by molar-refractivity contribution is 0.101. The molecule has 0 radical (unpaired) electrons. The number of carbonyl (C=O) groups is 1. The molecule has 0 aliphatic heterocycles. The maximum atomic E-state index is 13.6. The van der Waals surface area contributed by atoms with Crippen molar-refractivity contribution in [2.24, 2.45) is 7.05 Å². The summed E-state index contributed by atoms with van der Waals surface area (Å²) in [5, 5.41) is 1.21. The van der Waals surface area contributed by atoms with E-state index in [9.17, 15) is 9.59 Å². The number of aromatic nitrogens is 3. The van der Waals surface area contributed by atoms with Crippen molar-refractivity contribution < 1.29 is 4.79 Å². The monoisotopic (exact) mass is 437 g/mol. The molecule has 0 aliphatic rings. The van der Waals surface area contributed by atoms with E-state index in [1.54, 1.807) is 4.57 Å². The number of ketones is 1. The van der Waals surface area contributed by atoms with Gasteiger partial charge < -0.3 is 4.57 Å². The Labute approximate surface area is 183 Å². The molecule has 0 saturated carbocycles. The highest BCUT2D eigenvalue weighted by molar-refractivity contribution is 7.99. The number of Topliss-reactive ketones (excluding diaryl/α,β-unsaturated/α-hetero) is 1. The summed E-state index contributed by atoms with van der Waals surface area (Å²) in [6.45, 7) is 8.02. The molecule has 0 bridgehead atoms. The minimum Gasteiger partial charge on any atom is -0.348 e. The Morgan fingerprint density at radius 3 is 2.57 bits per heavy atom. The average Bonchev–Trinajstić information content (AvgIpc) is 3.26. The molecule has 5 nitrogen and oxygen atoms in total. The van der Waals surface area contributed by atoms with E-state index in [0.717, 1.165) is 32.1 Å². The lowest BCUT2D eigenvalue weighted by atomic mass is 10.1. The Bertz CT molecular complexity index is 1340. The van der Waals surface area contributed by atoms with Crippen LogP contribution in [0.15, 0.2) is 46.5 Å². The first kappa shape index (κ1) is 20.6. The molecule has 7 heteroatoms. The zero-order chi connectivity index (χ0) is 21.6. The van der Waals surface area contributed by atoms with E-state index in [1.807, 2.05) is 75.8 Å². The molecule has 0 atom stereocenters. The van der Waals surface area contributed by atoms with Crippen LogP contribution in [0.5, 0.6) is 0 Å². The van der Waals surface area contributed by atoms with Crippen LogP contribution in [0.25, 0.3) is 15.9 Å². The molecule has 30 heavy (non-hydrogen) atoms. The standard InChI is InChI=1S/C23H23N3O2S2/c1-13-8-6-9-17(14(13)2)26-22(28)20-15(3)16(4)30-21(20)24-23(26)29-12-19(27)18-10-7-11-25(18)5/h6-11H,12H2,1-5H3. The Balaban J connectivity index is 1.87. The number of nitrogens with zero attached hydrogens (tertiary/aromatic N) is 3. The summed E-state index contributed by atoms with van der Waals surface area (Å²) in [5.41, 5.74) is 4.49. The van der Waals surface area contributed by atoms with E-state index >= 15 is 0 Å². The molecule has 0 amide bonds. The van der Waals surface area contributed by atoms with Gasteiger partial charge in [0, 0.05) is 18.1 Å². The van der Waals surface area contributed by atoms with E-state index in [4.69, 9.17) is 4.98 Å². The first-order valence-electron chi connectivity index (χ1n) is 9.66. The van der Waals surface area contributed by atoms with Gasteiger partial charge in [-0.3, -0.25) is 14.2 Å². The average molecular weight is 438 g/mol. The fourth-order valence-electron chi connectivity index (χ4n) is 3.52. The molecule has 3 aromatic heterocycles. The Kier molecular flexibility index (Phi) is 5.42. The number of hydrogen-bond donors (Lipinski definition) is 0. The van der Waals surface area contributed by atoms with Gasteiger partial charge in [-0.05, 0) is 62.6 Å². The van der Waals surface area contributed by atoms with Gasteiger partial charge in [-0.1, -0.05) is 23.9 Å². The van der Waals surface area contributed by atoms with Gasteiger partial charge in [-0.2, -0.15) is 0 Å². The fraction of sp³-hybridized carbons (Fsp3) is 0.261. The summed E-state index contributed by atoms with van der Waals surface area (Å²) >= 11 is 2.84. The molecule has 1 aromatic carbocycles. The first-order valence-corrected chi connectivity index (χ1v) is 11.5. The van der Waals surface area contributed by atoms with Gasteiger partial charge in [-0.25, -0.2) is 4.98 Å². The predicted molar refractivity (Wildman–Crippen MR) is 125 cm³/mol. The van der Waals surface area contributed by atoms with Gasteiger partial charge in [0.15, 0.2) is 10.9 Å². The third-order valence-electron chi connectivity index (χ3n) is 5.55. The Hall–Kier alpha value is -2.64. The van der Waals surface area contributed by atoms with Crippen molar-refractivity contribution in [1.29, 1.82) is 0 Å². The van der Waals surface area contributed by atoms with E-state index in [-0.39, 0.29) is 17.1 Å². The maximum absolute atomic E-state index is 13.6. The maximum Gasteiger partial charge on any atom is 0.267 e. The van der Waals surface area contributed by atoms with Gasteiger partial charge in [0.05, 0.1) is 22.5 Å². The van der Waals surface area contributed by atoms with E-state index in [1.165, 1.54) is 23.1 Å². The SMILES string of the molecule is Cc1cccc(-n2c(SCC(=O)c3cccn3C)nc3sc(C)c(C)c3c2=O)c1C. The van der Waals surface area contributed by atoms with Crippen LogP contribution in [0.3, 0.4) is 0 Å². The summed E-state index contributed by atoms with van der Waals surface area (Å²) in [7, 11) is 1.85. The first-order chi connectivity index (χ1) is 14.3. The molecule has 0 saturated heterocycles. The van der Waals surface area contributed by atoms with E-state index in [2.05, 4.69) is 0 Å². The van der Waals surface area contributed by atoms with Gasteiger partial charge >= 0.3 is 0 Å². The second-order valence-corrected chi connectivity index (χ2v) is 9.58. The quantitative estimate of drug-likeness (QED) is 0.251. The normalized spacial score (nSPS) is 11.4. The molecular formula is C23H23N3O2S2. The molecule has 3 heterocycles. The molecule has 0 fully saturated rings. The number of rotatable bonds is 5. The highest BCUT2D eigenvalue weighted by Crippen LogP contribution is 2.30. The van der Waals surface area contributed by atoms with Crippen LogP contribution in [0.4, 0.5) is 0 Å². The van der Waals surface area contributed by atoms with Gasteiger partial charge in [0.25, 0.3) is 5.56 Å². The highest BCUT2D eigenvalue weighted by Gasteiger charge is 2.20. The minimum atomic E-state index is -0.0793. The van der Waals surface area contributed by atoms with Gasteiger partial charge in [0.2, 0.25) is 0 Å². The lowest BCUT2D eigenvalue weighted by Gasteiger charge is -2.15. The van der Waals surface area contributed by atoms with Gasteiger partial charge in [-0.15, -0.1) is 11.3 Å². The largest absolute Gasteiger partial charge is 0.348 e. The summed E-state index contributed by atoms with van der Waals surface area (Å²) in [4.78, 5) is 33.0. The molecular weight excluding hydrogens is 414 g/mol. The number of benzene rings is 1. The molecule has 0 spiro atoms. The van der Waals surface area contributed by atoms with Crippen LogP contribution in [-0.2, 0) is 7.05 Å². The Morgan fingerprint density at radius 1 is 1.10 bits per heavy atom. The van der Waals surface area contributed by atoms with Crippen molar-refractivity contribution in [2.45, 2.75) is 32.9 Å². The highest BCUT2D eigenvalue weighted by atomic mass is 32.2. The second-order valence-electron chi connectivity index (χ2n) is 7.43. The molecule has 4 aromatic rings. The Morgan fingerprint density at radius 2 is 1.87 bits per heavy atom. The van der Waals surface area contributed by atoms with Crippen LogP contribution >= 0.6 is 23.1 Å². The molecule has 0 N–H and O–H groups in total. The van der Waals surface area contributed by atoms with Crippen LogP contribution in [0.2, 0.25) is 0 Å². The van der Waals surface area contributed by atoms with Crippen LogP contribution in [0.1, 0.15) is 32.1 Å². The summed E-state index contributed by atoms with van der Waals surface area (Å²) in [6.07, 6.45) is 1.85. The predicted octanol–water partition coefficient (Wildman–Crippen LogP) is 4.99. The number of thiophene rings is 1. The third-order valence-corrected chi connectivity index (χ3v) is 7.59. The van der Waals surface area contributed by atoms with Gasteiger partial charge in [0.1, 0.15) is 4.83 Å². The molecule has 4 rings (SSSR count). The van der Waals surface area contributed by atoms with E-state index < -0.39 is 0 Å². The number of thioether (sulfide) groups is 1. The van der Waals surface area contributed by atoms with Crippen molar-refractivity contribution in [3.8, 4) is 5.69 Å². The van der Waals surface area contributed by atoms with Crippen molar-refractivity contribution >= 4 is 39.1 Å². The van der Waals surface area contributed by atoms with Crippen molar-refractivity contribution in [3.05, 3.63) is 74.1 Å². The molecule has 0 unspecified atom stereocenters. The van der Waals surface area contributed by atoms with Crippen molar-refractivity contribution in [2.75, 3.05) is 5.75 Å². The fourth-order valence-corrected chi connectivity index (χ4v) is 5.47. The zero-order valence-corrected chi connectivity index (χ0v) is 19.3. The number of hydrogen-bond acceptors (Lipinski definition) is 5. The topological polar surface area (TPSA) is 56.9 Å². The number of carbonyl (C=O) groups excluding carboxylic acids is 1. The van der Waals surface area contributed by atoms with Crippen molar-refractivity contribution in [3.63, 3.8) is 0 Å². The second kappa shape index (κ2) is 7.89. The lowest BCUT2D eigenvalue weighted by Crippen LogP contribution is -2.23. The number of fused-ring (bicyclic) bond motifs is 1. The molecule has 154 valence electrons.